The Morgan fingerprint density at radius 2 is 1.78 bits per heavy atom. The second kappa shape index (κ2) is 15.3. The summed E-state index contributed by atoms with van der Waals surface area (Å²) >= 11 is 0. The summed E-state index contributed by atoms with van der Waals surface area (Å²) in [4.78, 5) is 35.7. The van der Waals surface area contributed by atoms with Crippen LogP contribution >= 0.6 is 24.8 Å². The second-order valence-corrected chi connectivity index (χ2v) is 9.43. The number of benzene rings is 3. The Morgan fingerprint density at radius 1 is 1.00 bits per heavy atom. The van der Waals surface area contributed by atoms with Gasteiger partial charge >= 0.3 is 0 Å². The molecule has 4 rings (SSSR count). The van der Waals surface area contributed by atoms with Gasteiger partial charge in [0.1, 0.15) is 22.8 Å². The van der Waals surface area contributed by atoms with Crippen LogP contribution in [0.1, 0.15) is 51.4 Å². The van der Waals surface area contributed by atoms with Crippen LogP contribution in [0.25, 0.3) is 11.0 Å². The summed E-state index contributed by atoms with van der Waals surface area (Å²) in [6, 6.07) is 16.1. The molecule has 4 aromatic rings. The number of aromatic amines is 1. The molecular formula is C30H37Cl2N5O4. The fraction of sp³-hybridized carbons (Fsp3) is 0.300. The van der Waals surface area contributed by atoms with Gasteiger partial charge in [-0.15, -0.1) is 24.8 Å². The molecule has 1 heterocycles. The zero-order valence-corrected chi connectivity index (χ0v) is 25.3. The van der Waals surface area contributed by atoms with Crippen LogP contribution in [0.15, 0.2) is 54.6 Å². The number of methoxy groups -OCH3 is 1. The Hall–Kier alpha value is -3.79. The van der Waals surface area contributed by atoms with Gasteiger partial charge in [-0.1, -0.05) is 12.1 Å². The first-order valence-electron chi connectivity index (χ1n) is 13.0. The normalized spacial score (nSPS) is 10.4. The Morgan fingerprint density at radius 3 is 2.51 bits per heavy atom. The van der Waals surface area contributed by atoms with E-state index >= 15 is 0 Å². The predicted octanol–water partition coefficient (Wildman–Crippen LogP) is 6.07. The van der Waals surface area contributed by atoms with Gasteiger partial charge in [-0.2, -0.15) is 0 Å². The summed E-state index contributed by atoms with van der Waals surface area (Å²) in [5.74, 6) is 1.18. The van der Waals surface area contributed by atoms with Crippen LogP contribution in [0.4, 0.5) is 11.4 Å². The molecule has 220 valence electrons. The number of aromatic nitrogens is 2. The van der Waals surface area contributed by atoms with Crippen molar-refractivity contribution in [3.05, 3.63) is 77.1 Å². The number of hydrogen-bond acceptors (Lipinski definition) is 6. The zero-order valence-electron chi connectivity index (χ0n) is 23.7. The maximum Gasteiger partial charge on any atom is 0.258 e. The van der Waals surface area contributed by atoms with Gasteiger partial charge in [0.2, 0.25) is 0 Å². The number of aryl methyl sites for hydroxylation is 2. The molecule has 0 aliphatic rings. The van der Waals surface area contributed by atoms with E-state index in [1.807, 2.05) is 38.1 Å². The molecule has 9 nitrogen and oxygen atoms in total. The van der Waals surface area contributed by atoms with Gasteiger partial charge in [0.25, 0.3) is 11.8 Å². The molecule has 3 aromatic carbocycles. The highest BCUT2D eigenvalue weighted by Gasteiger charge is 2.20. The molecular weight excluding hydrogens is 565 g/mol. The number of para-hydroxylation sites is 1. The molecule has 0 atom stereocenters. The van der Waals surface area contributed by atoms with Gasteiger partial charge in [0, 0.05) is 12.6 Å². The van der Waals surface area contributed by atoms with Crippen LogP contribution in [0.2, 0.25) is 0 Å². The summed E-state index contributed by atoms with van der Waals surface area (Å²) in [6.45, 7) is 5.04. The minimum atomic E-state index is -0.325. The van der Waals surface area contributed by atoms with Crippen molar-refractivity contribution in [2.24, 2.45) is 5.73 Å². The first kappa shape index (κ1) is 33.4. The van der Waals surface area contributed by atoms with Crippen molar-refractivity contribution >= 4 is 59.0 Å². The summed E-state index contributed by atoms with van der Waals surface area (Å²) in [5, 5.41) is 2.89. The van der Waals surface area contributed by atoms with E-state index in [1.54, 1.807) is 42.3 Å². The van der Waals surface area contributed by atoms with Gasteiger partial charge in [0.15, 0.2) is 0 Å². The fourth-order valence-electron chi connectivity index (χ4n) is 4.38. The van der Waals surface area contributed by atoms with Crippen molar-refractivity contribution in [2.45, 2.75) is 33.1 Å². The highest BCUT2D eigenvalue weighted by atomic mass is 35.5. The number of carbonyl (C=O) groups is 2. The molecule has 41 heavy (non-hydrogen) atoms. The molecule has 2 amide bonds. The maximum atomic E-state index is 13.5. The quantitative estimate of drug-likeness (QED) is 0.179. The number of nitrogens with zero attached hydrogens (tertiary/aromatic N) is 2. The smallest absolute Gasteiger partial charge is 0.258 e. The first-order valence-corrected chi connectivity index (χ1v) is 13.0. The molecule has 0 fully saturated rings. The third-order valence-corrected chi connectivity index (χ3v) is 6.46. The van der Waals surface area contributed by atoms with Crippen LogP contribution in [-0.2, 0) is 0 Å². The lowest BCUT2D eigenvalue weighted by atomic mass is 10.1. The number of ether oxygens (including phenoxy) is 2. The largest absolute Gasteiger partial charge is 0.495 e. The van der Waals surface area contributed by atoms with E-state index in [0.29, 0.717) is 52.7 Å². The molecule has 0 spiro atoms. The minimum absolute atomic E-state index is 0. The Labute approximate surface area is 252 Å². The Kier molecular flexibility index (Phi) is 12.5. The molecule has 0 unspecified atom stereocenters. The number of hydrogen-bond donors (Lipinski definition) is 3. The van der Waals surface area contributed by atoms with Gasteiger partial charge in [-0.3, -0.25) is 9.59 Å². The number of amides is 2. The van der Waals surface area contributed by atoms with E-state index < -0.39 is 0 Å². The van der Waals surface area contributed by atoms with Crippen molar-refractivity contribution < 1.29 is 19.1 Å². The number of nitrogens with two attached hydrogens (primary N) is 1. The van der Waals surface area contributed by atoms with Crippen LogP contribution in [0, 0.1) is 13.8 Å². The van der Waals surface area contributed by atoms with Crippen LogP contribution in [0.5, 0.6) is 11.5 Å². The highest BCUT2D eigenvalue weighted by Crippen LogP contribution is 2.32. The van der Waals surface area contributed by atoms with E-state index in [2.05, 4.69) is 15.3 Å². The standard InChI is InChI=1S/C30H35N5O4.2ClH/c1-19-11-14-25(27(17-19)39-16-7-5-6-15-31)35(3)30(37)21-12-13-23(26(18-21)38-4)34-29(36)22-9-8-10-24-28(22)33-20(2)32-24;;/h8-14,17-18H,5-7,15-16,31H2,1-4H3,(H,32,33)(H,34,36);2*1H. The third kappa shape index (κ3) is 7.91. The van der Waals surface area contributed by atoms with Crippen molar-refractivity contribution in [3.63, 3.8) is 0 Å². The van der Waals surface area contributed by atoms with Gasteiger partial charge < -0.3 is 30.4 Å². The van der Waals surface area contributed by atoms with Crippen LogP contribution in [-0.4, -0.2) is 49.1 Å². The molecule has 0 aliphatic heterocycles. The average Bonchev–Trinajstić information content (AvgIpc) is 3.32. The number of rotatable bonds is 11. The van der Waals surface area contributed by atoms with Crippen molar-refractivity contribution in [1.82, 2.24) is 9.97 Å². The topological polar surface area (TPSA) is 123 Å². The number of H-pyrrole nitrogens is 1. The number of imidazole rings is 1. The highest BCUT2D eigenvalue weighted by molar-refractivity contribution is 6.12. The summed E-state index contributed by atoms with van der Waals surface area (Å²) in [6.07, 6.45) is 2.84. The van der Waals surface area contributed by atoms with Gasteiger partial charge in [0.05, 0.1) is 36.2 Å². The molecule has 0 saturated heterocycles. The average molecular weight is 603 g/mol. The lowest BCUT2D eigenvalue weighted by Gasteiger charge is -2.22. The van der Waals surface area contributed by atoms with E-state index in [1.165, 1.54) is 7.11 Å². The minimum Gasteiger partial charge on any atom is -0.495 e. The van der Waals surface area contributed by atoms with Crippen molar-refractivity contribution in [2.75, 3.05) is 37.5 Å². The molecule has 0 bridgehead atoms. The summed E-state index contributed by atoms with van der Waals surface area (Å²) < 4.78 is 11.6. The number of unbranched alkanes of at least 4 members (excludes halogenated alkanes) is 2. The molecule has 0 saturated carbocycles. The lowest BCUT2D eigenvalue weighted by Crippen LogP contribution is -2.27. The summed E-state index contributed by atoms with van der Waals surface area (Å²) in [5.41, 5.74) is 9.96. The SMILES string of the molecule is COc1cc(C(=O)N(C)c2ccc(C)cc2OCCCCCN)ccc1NC(=O)c1cccc2[nH]c(C)nc12.Cl.Cl. The van der Waals surface area contributed by atoms with Crippen molar-refractivity contribution in [3.8, 4) is 11.5 Å². The van der Waals surface area contributed by atoms with Crippen LogP contribution < -0.4 is 25.4 Å². The van der Waals surface area contributed by atoms with Gasteiger partial charge in [-0.05, 0) is 87.7 Å². The Balaban J connectivity index is 0.00000294. The van der Waals surface area contributed by atoms with E-state index in [4.69, 9.17) is 15.2 Å². The lowest BCUT2D eigenvalue weighted by molar-refractivity contribution is 0.0990. The number of fused-ring (bicyclic) bond motifs is 1. The van der Waals surface area contributed by atoms with Gasteiger partial charge in [-0.25, -0.2) is 4.98 Å². The monoisotopic (exact) mass is 601 g/mol. The number of halogens is 2. The maximum absolute atomic E-state index is 13.5. The number of anilines is 2. The van der Waals surface area contributed by atoms with E-state index in [-0.39, 0.29) is 36.6 Å². The van der Waals surface area contributed by atoms with E-state index in [0.717, 1.165) is 36.2 Å². The molecule has 0 radical (unpaired) electrons. The predicted molar refractivity (Wildman–Crippen MR) is 169 cm³/mol. The second-order valence-electron chi connectivity index (χ2n) is 9.43. The molecule has 4 N–H and O–H groups in total. The third-order valence-electron chi connectivity index (χ3n) is 6.46. The fourth-order valence-corrected chi connectivity index (χ4v) is 4.38. The molecule has 1 aromatic heterocycles. The first-order chi connectivity index (χ1) is 18.8. The summed E-state index contributed by atoms with van der Waals surface area (Å²) in [7, 11) is 3.21. The number of nitrogens with one attached hydrogen (secondary N) is 2. The molecule has 11 heteroatoms. The van der Waals surface area contributed by atoms with E-state index in [9.17, 15) is 9.59 Å². The molecule has 0 aliphatic carbocycles. The van der Waals surface area contributed by atoms with Crippen LogP contribution in [0.3, 0.4) is 0 Å². The van der Waals surface area contributed by atoms with Crippen molar-refractivity contribution in [1.29, 1.82) is 0 Å². The Bertz CT molecular complexity index is 1490. The number of carbonyl (C=O) groups excluding carboxylic acids is 2. The zero-order chi connectivity index (χ0) is 27.9.